The van der Waals surface area contributed by atoms with E-state index in [0.29, 0.717) is 26.1 Å². The normalized spacial score (nSPS) is 16.8. The van der Waals surface area contributed by atoms with Crippen LogP contribution in [-0.2, 0) is 4.79 Å². The highest BCUT2D eigenvalue weighted by molar-refractivity contribution is 5.78. The summed E-state index contributed by atoms with van der Waals surface area (Å²) < 4.78 is 0. The molecule has 1 saturated heterocycles. The van der Waals surface area contributed by atoms with Crippen LogP contribution in [0.2, 0.25) is 0 Å². The Kier molecular flexibility index (Phi) is 6.49. The largest absolute Gasteiger partial charge is 0.396 e. The predicted molar refractivity (Wildman–Crippen MR) is 68.1 cm³/mol. The zero-order valence-electron chi connectivity index (χ0n) is 10.9. The SMILES string of the molecule is CC(CO)CNC(=O)NCCCN1CCCC1=O. The molecule has 1 aliphatic rings. The topological polar surface area (TPSA) is 81.7 Å². The first-order valence-corrected chi connectivity index (χ1v) is 6.54. The van der Waals surface area contributed by atoms with Crippen LogP contribution in [0.15, 0.2) is 0 Å². The standard InChI is InChI=1S/C12H23N3O3/c1-10(9-16)8-14-12(18)13-5-3-7-15-6-2-4-11(15)17/h10,16H,2-9H2,1H3,(H2,13,14,18). The molecule has 3 amide bonds. The van der Waals surface area contributed by atoms with Crippen LogP contribution in [0, 0.1) is 5.92 Å². The summed E-state index contributed by atoms with van der Waals surface area (Å²) in [6.07, 6.45) is 2.38. The molecule has 1 aliphatic heterocycles. The van der Waals surface area contributed by atoms with Crippen LogP contribution in [0.3, 0.4) is 0 Å². The summed E-state index contributed by atoms with van der Waals surface area (Å²) in [4.78, 5) is 24.5. The maximum atomic E-state index is 11.3. The molecule has 0 aliphatic carbocycles. The van der Waals surface area contributed by atoms with E-state index in [9.17, 15) is 9.59 Å². The van der Waals surface area contributed by atoms with Crippen molar-refractivity contribution in [2.24, 2.45) is 5.92 Å². The molecule has 1 unspecified atom stereocenters. The Morgan fingerprint density at radius 3 is 2.89 bits per heavy atom. The lowest BCUT2D eigenvalue weighted by Gasteiger charge is -2.15. The fourth-order valence-corrected chi connectivity index (χ4v) is 1.81. The third kappa shape index (κ3) is 5.35. The zero-order valence-corrected chi connectivity index (χ0v) is 10.9. The van der Waals surface area contributed by atoms with Gasteiger partial charge in [0.2, 0.25) is 5.91 Å². The first-order valence-electron chi connectivity index (χ1n) is 6.54. The lowest BCUT2D eigenvalue weighted by molar-refractivity contribution is -0.127. The highest BCUT2D eigenvalue weighted by Gasteiger charge is 2.18. The Hall–Kier alpha value is -1.30. The number of aliphatic hydroxyl groups is 1. The monoisotopic (exact) mass is 257 g/mol. The fraction of sp³-hybridized carbons (Fsp3) is 0.833. The zero-order chi connectivity index (χ0) is 13.4. The molecule has 1 atom stereocenters. The number of urea groups is 1. The number of aliphatic hydroxyl groups excluding tert-OH is 1. The molecule has 0 aromatic rings. The van der Waals surface area contributed by atoms with E-state index in [1.54, 1.807) is 0 Å². The van der Waals surface area contributed by atoms with Crippen molar-refractivity contribution < 1.29 is 14.7 Å². The minimum atomic E-state index is -0.219. The van der Waals surface area contributed by atoms with E-state index >= 15 is 0 Å². The van der Waals surface area contributed by atoms with Crippen molar-refractivity contribution in [3.05, 3.63) is 0 Å². The van der Waals surface area contributed by atoms with Crippen molar-refractivity contribution in [3.8, 4) is 0 Å². The number of nitrogens with one attached hydrogen (secondary N) is 2. The Balaban J connectivity index is 2.00. The van der Waals surface area contributed by atoms with Gasteiger partial charge in [-0.15, -0.1) is 0 Å². The second-order valence-corrected chi connectivity index (χ2v) is 4.76. The van der Waals surface area contributed by atoms with Crippen molar-refractivity contribution in [1.29, 1.82) is 0 Å². The average molecular weight is 257 g/mol. The first-order chi connectivity index (χ1) is 8.63. The summed E-state index contributed by atoms with van der Waals surface area (Å²) in [6.45, 7) is 4.51. The van der Waals surface area contributed by atoms with E-state index < -0.39 is 0 Å². The molecule has 104 valence electrons. The van der Waals surface area contributed by atoms with Crippen molar-refractivity contribution in [3.63, 3.8) is 0 Å². The maximum Gasteiger partial charge on any atom is 0.314 e. The number of carbonyl (C=O) groups is 2. The van der Waals surface area contributed by atoms with Crippen LogP contribution in [0.25, 0.3) is 0 Å². The second kappa shape index (κ2) is 7.92. The molecule has 1 fully saturated rings. The Labute approximate surface area is 108 Å². The van der Waals surface area contributed by atoms with Gasteiger partial charge in [0.15, 0.2) is 0 Å². The highest BCUT2D eigenvalue weighted by atomic mass is 16.3. The van der Waals surface area contributed by atoms with Crippen LogP contribution >= 0.6 is 0 Å². The molecule has 0 spiro atoms. The van der Waals surface area contributed by atoms with Gasteiger partial charge in [0.25, 0.3) is 0 Å². The van der Waals surface area contributed by atoms with Gasteiger partial charge in [0.05, 0.1) is 0 Å². The average Bonchev–Trinajstić information content (AvgIpc) is 2.77. The smallest absolute Gasteiger partial charge is 0.314 e. The Bertz CT molecular complexity index is 284. The summed E-state index contributed by atoms with van der Waals surface area (Å²) in [5.74, 6) is 0.286. The second-order valence-electron chi connectivity index (χ2n) is 4.76. The fourth-order valence-electron chi connectivity index (χ4n) is 1.81. The predicted octanol–water partition coefficient (Wildman–Crippen LogP) is -0.0735. The Morgan fingerprint density at radius 1 is 1.50 bits per heavy atom. The number of rotatable bonds is 7. The molecule has 3 N–H and O–H groups in total. The van der Waals surface area contributed by atoms with Crippen LogP contribution in [0.5, 0.6) is 0 Å². The molecule has 1 heterocycles. The number of nitrogens with zero attached hydrogens (tertiary/aromatic N) is 1. The molecule has 6 heteroatoms. The number of hydrogen-bond donors (Lipinski definition) is 3. The van der Waals surface area contributed by atoms with Crippen molar-refractivity contribution >= 4 is 11.9 Å². The lowest BCUT2D eigenvalue weighted by Crippen LogP contribution is -2.39. The molecule has 18 heavy (non-hydrogen) atoms. The van der Waals surface area contributed by atoms with Gasteiger partial charge < -0.3 is 20.6 Å². The summed E-state index contributed by atoms with van der Waals surface area (Å²) in [5, 5.41) is 14.2. The highest BCUT2D eigenvalue weighted by Crippen LogP contribution is 2.09. The maximum absolute atomic E-state index is 11.3. The lowest BCUT2D eigenvalue weighted by atomic mass is 10.2. The molecule has 0 bridgehead atoms. The molecule has 0 saturated carbocycles. The summed E-state index contributed by atoms with van der Waals surface area (Å²) in [5.41, 5.74) is 0. The van der Waals surface area contributed by atoms with Gasteiger partial charge in [0.1, 0.15) is 0 Å². The van der Waals surface area contributed by atoms with Crippen molar-refractivity contribution in [2.75, 3.05) is 32.8 Å². The van der Waals surface area contributed by atoms with E-state index in [2.05, 4.69) is 10.6 Å². The molecule has 0 aromatic carbocycles. The molecule has 0 radical (unpaired) electrons. The van der Waals surface area contributed by atoms with Gasteiger partial charge >= 0.3 is 6.03 Å². The van der Waals surface area contributed by atoms with E-state index in [1.165, 1.54) is 0 Å². The van der Waals surface area contributed by atoms with Crippen LogP contribution < -0.4 is 10.6 Å². The summed E-state index contributed by atoms with van der Waals surface area (Å²) in [6, 6.07) is -0.219. The van der Waals surface area contributed by atoms with Gasteiger partial charge in [-0.25, -0.2) is 4.79 Å². The molecule has 1 rings (SSSR count). The quantitative estimate of drug-likeness (QED) is 0.558. The number of carbonyl (C=O) groups excluding carboxylic acids is 2. The molecular formula is C12H23N3O3. The number of likely N-dealkylation sites (tertiary alicyclic amines) is 1. The molecular weight excluding hydrogens is 234 g/mol. The molecule has 0 aromatic heterocycles. The van der Waals surface area contributed by atoms with Crippen LogP contribution in [0.4, 0.5) is 4.79 Å². The van der Waals surface area contributed by atoms with Gasteiger partial charge in [0, 0.05) is 39.2 Å². The van der Waals surface area contributed by atoms with Gasteiger partial charge in [-0.05, 0) is 18.8 Å². The summed E-state index contributed by atoms with van der Waals surface area (Å²) >= 11 is 0. The third-order valence-corrected chi connectivity index (χ3v) is 2.98. The van der Waals surface area contributed by atoms with Gasteiger partial charge in [-0.1, -0.05) is 6.92 Å². The van der Waals surface area contributed by atoms with Crippen molar-refractivity contribution in [1.82, 2.24) is 15.5 Å². The molecule has 6 nitrogen and oxygen atoms in total. The Morgan fingerprint density at radius 2 is 2.28 bits per heavy atom. The first kappa shape index (κ1) is 14.8. The van der Waals surface area contributed by atoms with E-state index in [-0.39, 0.29) is 24.5 Å². The van der Waals surface area contributed by atoms with Gasteiger partial charge in [-0.2, -0.15) is 0 Å². The van der Waals surface area contributed by atoms with Crippen LogP contribution in [-0.4, -0.2) is 54.7 Å². The van der Waals surface area contributed by atoms with E-state index in [4.69, 9.17) is 5.11 Å². The van der Waals surface area contributed by atoms with E-state index in [1.807, 2.05) is 11.8 Å². The summed E-state index contributed by atoms with van der Waals surface area (Å²) in [7, 11) is 0. The number of amides is 3. The van der Waals surface area contributed by atoms with Crippen molar-refractivity contribution in [2.45, 2.75) is 26.2 Å². The minimum absolute atomic E-state index is 0.0668. The third-order valence-electron chi connectivity index (χ3n) is 2.98. The number of hydrogen-bond acceptors (Lipinski definition) is 3. The van der Waals surface area contributed by atoms with Gasteiger partial charge in [-0.3, -0.25) is 4.79 Å². The minimum Gasteiger partial charge on any atom is -0.396 e. The van der Waals surface area contributed by atoms with E-state index in [0.717, 1.165) is 19.4 Å². The van der Waals surface area contributed by atoms with Crippen LogP contribution in [0.1, 0.15) is 26.2 Å².